The standard InChI is InChI=1S/C12H13N3O2S/c1-16-8-2-3-11-9(6-8)10(4-5-17-11)14-12-7-13-15-18-12/h2-3,6-7,10,14H,4-5H2,1H3. The van der Waals surface area contributed by atoms with Crippen molar-refractivity contribution in [2.24, 2.45) is 0 Å². The number of methoxy groups -OCH3 is 1. The zero-order chi connectivity index (χ0) is 12.4. The molecule has 1 aliphatic rings. The van der Waals surface area contributed by atoms with Gasteiger partial charge in [0.25, 0.3) is 0 Å². The SMILES string of the molecule is COc1ccc2c(c1)C(Nc1cnns1)CCO2. The first-order valence-electron chi connectivity index (χ1n) is 5.71. The zero-order valence-electron chi connectivity index (χ0n) is 9.92. The molecule has 0 spiro atoms. The van der Waals surface area contributed by atoms with Crippen molar-refractivity contribution in [3.63, 3.8) is 0 Å². The maximum absolute atomic E-state index is 5.65. The molecule has 0 saturated carbocycles. The van der Waals surface area contributed by atoms with Gasteiger partial charge in [-0.15, -0.1) is 5.10 Å². The van der Waals surface area contributed by atoms with Crippen LogP contribution in [0.4, 0.5) is 5.00 Å². The predicted octanol–water partition coefficient (Wildman–Crippen LogP) is 2.48. The fourth-order valence-corrected chi connectivity index (χ4v) is 2.52. The van der Waals surface area contributed by atoms with Gasteiger partial charge in [-0.3, -0.25) is 0 Å². The van der Waals surface area contributed by atoms with E-state index < -0.39 is 0 Å². The Labute approximate surface area is 109 Å². The second kappa shape index (κ2) is 4.81. The topological polar surface area (TPSA) is 56.3 Å². The molecule has 1 aromatic carbocycles. The van der Waals surface area contributed by atoms with Crippen LogP contribution in [0, 0.1) is 0 Å². The fraction of sp³-hybridized carbons (Fsp3) is 0.333. The number of rotatable bonds is 3. The quantitative estimate of drug-likeness (QED) is 0.922. The van der Waals surface area contributed by atoms with Crippen molar-refractivity contribution in [1.82, 2.24) is 9.59 Å². The van der Waals surface area contributed by atoms with Gasteiger partial charge in [-0.05, 0) is 18.2 Å². The van der Waals surface area contributed by atoms with Crippen LogP contribution in [-0.4, -0.2) is 23.3 Å². The molecule has 0 saturated heterocycles. The summed E-state index contributed by atoms with van der Waals surface area (Å²) in [5.74, 6) is 1.76. The van der Waals surface area contributed by atoms with Crippen LogP contribution in [0.25, 0.3) is 0 Å². The number of anilines is 1. The average Bonchev–Trinajstić information content (AvgIpc) is 2.91. The third kappa shape index (κ3) is 2.11. The van der Waals surface area contributed by atoms with E-state index in [9.17, 15) is 0 Å². The summed E-state index contributed by atoms with van der Waals surface area (Å²) in [5.41, 5.74) is 1.12. The molecule has 2 heterocycles. The first-order valence-corrected chi connectivity index (χ1v) is 6.49. The summed E-state index contributed by atoms with van der Waals surface area (Å²) in [7, 11) is 1.67. The van der Waals surface area contributed by atoms with Gasteiger partial charge in [0.05, 0.1) is 26.0 Å². The zero-order valence-corrected chi connectivity index (χ0v) is 10.7. The normalized spacial score (nSPS) is 17.7. The third-order valence-electron chi connectivity index (χ3n) is 2.93. The number of nitrogens with one attached hydrogen (secondary N) is 1. The first kappa shape index (κ1) is 11.3. The minimum absolute atomic E-state index is 0.214. The van der Waals surface area contributed by atoms with Crippen LogP contribution in [0.2, 0.25) is 0 Å². The monoisotopic (exact) mass is 263 g/mol. The molecule has 1 aliphatic heterocycles. The third-order valence-corrected chi connectivity index (χ3v) is 3.53. The lowest BCUT2D eigenvalue weighted by Crippen LogP contribution is -2.20. The number of benzene rings is 1. The van der Waals surface area contributed by atoms with E-state index in [4.69, 9.17) is 9.47 Å². The Hall–Kier alpha value is -1.82. The highest BCUT2D eigenvalue weighted by Gasteiger charge is 2.22. The van der Waals surface area contributed by atoms with Gasteiger partial charge in [-0.25, -0.2) is 0 Å². The number of nitrogens with zero attached hydrogens (tertiary/aromatic N) is 2. The minimum Gasteiger partial charge on any atom is -0.497 e. The van der Waals surface area contributed by atoms with E-state index in [1.54, 1.807) is 13.3 Å². The lowest BCUT2D eigenvalue weighted by Gasteiger charge is -2.27. The van der Waals surface area contributed by atoms with Crippen molar-refractivity contribution in [3.8, 4) is 11.5 Å². The number of hydrogen-bond acceptors (Lipinski definition) is 6. The maximum Gasteiger partial charge on any atom is 0.130 e. The molecule has 0 bridgehead atoms. The lowest BCUT2D eigenvalue weighted by atomic mass is 10.0. The van der Waals surface area contributed by atoms with Crippen LogP contribution >= 0.6 is 11.5 Å². The van der Waals surface area contributed by atoms with E-state index >= 15 is 0 Å². The molecule has 6 heteroatoms. The van der Waals surface area contributed by atoms with Crippen LogP contribution in [-0.2, 0) is 0 Å². The van der Waals surface area contributed by atoms with Crippen LogP contribution in [0.3, 0.4) is 0 Å². The van der Waals surface area contributed by atoms with Crippen LogP contribution in [0.1, 0.15) is 18.0 Å². The number of fused-ring (bicyclic) bond motifs is 1. The summed E-state index contributed by atoms with van der Waals surface area (Å²) in [6.07, 6.45) is 2.65. The van der Waals surface area contributed by atoms with Gasteiger partial charge in [-0.2, -0.15) is 0 Å². The molecule has 18 heavy (non-hydrogen) atoms. The van der Waals surface area contributed by atoms with Crippen molar-refractivity contribution in [3.05, 3.63) is 30.0 Å². The van der Waals surface area contributed by atoms with Gasteiger partial charge in [0.15, 0.2) is 0 Å². The summed E-state index contributed by atoms with van der Waals surface area (Å²) < 4.78 is 14.8. The maximum atomic E-state index is 5.65. The van der Waals surface area contributed by atoms with Gasteiger partial charge in [0, 0.05) is 23.5 Å². The van der Waals surface area contributed by atoms with Crippen LogP contribution in [0.5, 0.6) is 11.5 Å². The Morgan fingerprint density at radius 1 is 1.50 bits per heavy atom. The highest BCUT2D eigenvalue weighted by atomic mass is 32.1. The minimum atomic E-state index is 0.214. The Morgan fingerprint density at radius 2 is 2.44 bits per heavy atom. The van der Waals surface area contributed by atoms with E-state index in [-0.39, 0.29) is 6.04 Å². The summed E-state index contributed by atoms with van der Waals surface area (Å²) in [6, 6.07) is 6.09. The second-order valence-corrected chi connectivity index (χ2v) is 4.81. The molecule has 0 aliphatic carbocycles. The molecular formula is C12H13N3O2S. The first-order chi connectivity index (χ1) is 8.86. The molecular weight excluding hydrogens is 250 g/mol. The van der Waals surface area contributed by atoms with Crippen LogP contribution < -0.4 is 14.8 Å². The Kier molecular flexibility index (Phi) is 3.02. The molecule has 94 valence electrons. The molecule has 0 amide bonds. The van der Waals surface area contributed by atoms with E-state index in [0.717, 1.165) is 28.5 Å². The van der Waals surface area contributed by atoms with E-state index in [1.807, 2.05) is 18.2 Å². The summed E-state index contributed by atoms with van der Waals surface area (Å²) in [6.45, 7) is 0.712. The largest absolute Gasteiger partial charge is 0.497 e. The lowest BCUT2D eigenvalue weighted by molar-refractivity contribution is 0.273. The summed E-state index contributed by atoms with van der Waals surface area (Å²) in [5, 5.41) is 8.22. The van der Waals surface area contributed by atoms with Gasteiger partial charge in [0.2, 0.25) is 0 Å². The Morgan fingerprint density at radius 3 is 3.22 bits per heavy atom. The highest BCUT2D eigenvalue weighted by Crippen LogP contribution is 2.36. The van der Waals surface area contributed by atoms with Gasteiger partial charge in [0.1, 0.15) is 16.5 Å². The molecule has 1 atom stereocenters. The second-order valence-electron chi connectivity index (χ2n) is 4.02. The summed E-state index contributed by atoms with van der Waals surface area (Å²) in [4.78, 5) is 0. The molecule has 1 aromatic heterocycles. The number of hydrogen-bond donors (Lipinski definition) is 1. The Balaban J connectivity index is 1.90. The van der Waals surface area contributed by atoms with E-state index in [2.05, 4.69) is 14.9 Å². The van der Waals surface area contributed by atoms with E-state index in [1.165, 1.54) is 11.5 Å². The van der Waals surface area contributed by atoms with Crippen molar-refractivity contribution in [1.29, 1.82) is 0 Å². The van der Waals surface area contributed by atoms with Gasteiger partial charge in [-0.1, -0.05) is 4.49 Å². The summed E-state index contributed by atoms with van der Waals surface area (Å²) >= 11 is 1.36. The van der Waals surface area contributed by atoms with Crippen molar-refractivity contribution in [2.45, 2.75) is 12.5 Å². The molecule has 0 fully saturated rings. The predicted molar refractivity (Wildman–Crippen MR) is 69.4 cm³/mol. The van der Waals surface area contributed by atoms with E-state index in [0.29, 0.717) is 6.61 Å². The number of ether oxygens (including phenoxy) is 2. The van der Waals surface area contributed by atoms with Crippen molar-refractivity contribution < 1.29 is 9.47 Å². The molecule has 5 nitrogen and oxygen atoms in total. The highest BCUT2D eigenvalue weighted by molar-refractivity contribution is 7.09. The average molecular weight is 263 g/mol. The van der Waals surface area contributed by atoms with Crippen molar-refractivity contribution >= 4 is 16.5 Å². The van der Waals surface area contributed by atoms with Crippen LogP contribution in [0.15, 0.2) is 24.4 Å². The Bertz CT molecular complexity index is 530. The number of aromatic nitrogens is 2. The fourth-order valence-electron chi connectivity index (χ4n) is 2.05. The molecule has 3 rings (SSSR count). The van der Waals surface area contributed by atoms with Gasteiger partial charge >= 0.3 is 0 Å². The van der Waals surface area contributed by atoms with Crippen molar-refractivity contribution in [2.75, 3.05) is 19.0 Å². The molecule has 0 radical (unpaired) electrons. The molecule has 1 N–H and O–H groups in total. The molecule has 1 unspecified atom stereocenters. The molecule has 2 aromatic rings. The smallest absolute Gasteiger partial charge is 0.130 e. The van der Waals surface area contributed by atoms with Gasteiger partial charge < -0.3 is 14.8 Å².